The Morgan fingerprint density at radius 3 is 2.79 bits per heavy atom. The molecule has 1 amide bonds. The van der Waals surface area contributed by atoms with Crippen LogP contribution in [0, 0.1) is 0 Å². The van der Waals surface area contributed by atoms with Gasteiger partial charge in [0.15, 0.2) is 0 Å². The Hall–Kier alpha value is -2.87. The van der Waals surface area contributed by atoms with Gasteiger partial charge in [0, 0.05) is 11.1 Å². The van der Waals surface area contributed by atoms with Crippen LogP contribution < -0.4 is 10.9 Å². The number of likely N-dealkylation sites (N-methyl/N-ethyl adjacent to an activating group) is 1. The van der Waals surface area contributed by atoms with Crippen molar-refractivity contribution < 1.29 is 9.21 Å². The number of H-pyrrole nitrogens is 1. The minimum atomic E-state index is -0.352. The average molecular weight is 431 g/mol. The largest absolute Gasteiger partial charge is 0.449 e. The van der Waals surface area contributed by atoms with E-state index in [9.17, 15) is 9.59 Å². The molecule has 0 aliphatic carbocycles. The van der Waals surface area contributed by atoms with Crippen LogP contribution in [0.3, 0.4) is 0 Å². The first-order valence-electron chi connectivity index (χ1n) is 8.74. The van der Waals surface area contributed by atoms with Gasteiger partial charge in [0.1, 0.15) is 16.9 Å². The molecule has 29 heavy (non-hydrogen) atoms. The molecule has 2 aromatic heterocycles. The van der Waals surface area contributed by atoms with E-state index < -0.39 is 0 Å². The number of carbonyl (C=O) groups excluding carboxylic acids is 1. The maximum atomic E-state index is 12.4. The number of amides is 1. The van der Waals surface area contributed by atoms with Gasteiger partial charge in [-0.2, -0.15) is 0 Å². The highest BCUT2D eigenvalue weighted by atomic mass is 35.5. The van der Waals surface area contributed by atoms with E-state index >= 15 is 0 Å². The Morgan fingerprint density at radius 2 is 2.00 bits per heavy atom. The Balaban J connectivity index is 1.49. The van der Waals surface area contributed by atoms with Crippen molar-refractivity contribution in [3.63, 3.8) is 0 Å². The van der Waals surface area contributed by atoms with Crippen LogP contribution in [0.15, 0.2) is 51.7 Å². The topological polar surface area (TPSA) is 91.2 Å². The number of halogens is 2. The second kappa shape index (κ2) is 7.87. The van der Waals surface area contributed by atoms with Crippen molar-refractivity contribution in [2.75, 3.05) is 18.9 Å². The van der Waals surface area contributed by atoms with E-state index in [1.54, 1.807) is 36.2 Å². The van der Waals surface area contributed by atoms with Gasteiger partial charge in [0.05, 0.1) is 23.1 Å². The van der Waals surface area contributed by atoms with Gasteiger partial charge in [-0.1, -0.05) is 35.3 Å². The lowest BCUT2D eigenvalue weighted by Gasteiger charge is -2.15. The summed E-state index contributed by atoms with van der Waals surface area (Å²) in [6, 6.07) is 12.2. The molecule has 0 unspecified atom stereocenters. The molecule has 0 saturated carbocycles. The summed E-state index contributed by atoms with van der Waals surface area (Å²) < 4.78 is 5.59. The molecule has 0 spiro atoms. The van der Waals surface area contributed by atoms with Crippen molar-refractivity contribution >= 4 is 56.9 Å². The van der Waals surface area contributed by atoms with E-state index in [4.69, 9.17) is 27.6 Å². The fraction of sp³-hybridized carbons (Fsp3) is 0.150. The zero-order valence-corrected chi connectivity index (χ0v) is 16.8. The van der Waals surface area contributed by atoms with E-state index in [1.165, 1.54) is 0 Å². The van der Waals surface area contributed by atoms with E-state index in [1.807, 2.05) is 18.2 Å². The number of furan rings is 1. The maximum Gasteiger partial charge on any atom is 0.294 e. The van der Waals surface area contributed by atoms with Crippen molar-refractivity contribution in [1.82, 2.24) is 14.9 Å². The lowest BCUT2D eigenvalue weighted by atomic mass is 10.2. The molecule has 7 nitrogen and oxygen atoms in total. The molecule has 0 aliphatic heterocycles. The van der Waals surface area contributed by atoms with E-state index in [2.05, 4.69) is 15.3 Å². The maximum absolute atomic E-state index is 12.4. The number of nitrogens with zero attached hydrogens (tertiary/aromatic N) is 2. The van der Waals surface area contributed by atoms with Gasteiger partial charge in [0.25, 0.3) is 5.56 Å². The van der Waals surface area contributed by atoms with Crippen LogP contribution in [0.4, 0.5) is 5.69 Å². The van der Waals surface area contributed by atoms with Gasteiger partial charge in [-0.3, -0.25) is 14.5 Å². The Morgan fingerprint density at radius 1 is 1.21 bits per heavy atom. The van der Waals surface area contributed by atoms with Gasteiger partial charge in [0.2, 0.25) is 11.5 Å². The number of carbonyl (C=O) groups is 1. The Kier molecular flexibility index (Phi) is 5.27. The zero-order valence-electron chi connectivity index (χ0n) is 15.3. The molecule has 0 fully saturated rings. The molecular formula is C20H16Cl2N4O3. The normalized spacial score (nSPS) is 11.4. The fourth-order valence-electron chi connectivity index (χ4n) is 3.05. The molecule has 0 radical (unpaired) electrons. The minimum Gasteiger partial charge on any atom is -0.449 e. The monoisotopic (exact) mass is 430 g/mol. The number of benzene rings is 2. The van der Waals surface area contributed by atoms with Crippen LogP contribution >= 0.6 is 23.2 Å². The molecule has 0 bridgehead atoms. The molecular weight excluding hydrogens is 415 g/mol. The summed E-state index contributed by atoms with van der Waals surface area (Å²) in [7, 11) is 1.76. The third-order valence-corrected chi connectivity index (χ3v) is 5.06. The first kappa shape index (κ1) is 19.4. The van der Waals surface area contributed by atoms with Crippen LogP contribution in [0.2, 0.25) is 10.0 Å². The summed E-state index contributed by atoms with van der Waals surface area (Å²) in [5.74, 6) is 0.210. The lowest BCUT2D eigenvalue weighted by Crippen LogP contribution is -2.31. The number of nitrogens with one attached hydrogen (secondary N) is 2. The second-order valence-corrected chi connectivity index (χ2v) is 7.45. The van der Waals surface area contributed by atoms with Crippen molar-refractivity contribution in [2.24, 2.45) is 0 Å². The molecule has 148 valence electrons. The highest BCUT2D eigenvalue weighted by Crippen LogP contribution is 2.25. The number of fused-ring (bicyclic) bond motifs is 3. The summed E-state index contributed by atoms with van der Waals surface area (Å²) in [4.78, 5) is 33.6. The van der Waals surface area contributed by atoms with Crippen molar-refractivity contribution in [2.45, 2.75) is 6.54 Å². The fourth-order valence-corrected chi connectivity index (χ4v) is 3.35. The molecule has 0 atom stereocenters. The number of anilines is 1. The summed E-state index contributed by atoms with van der Waals surface area (Å²) >= 11 is 11.8. The summed E-state index contributed by atoms with van der Waals surface area (Å²) in [5, 5.41) is 4.31. The first-order chi connectivity index (χ1) is 13.9. The average Bonchev–Trinajstić information content (AvgIpc) is 3.04. The van der Waals surface area contributed by atoms with Crippen molar-refractivity contribution in [3.05, 3.63) is 68.7 Å². The summed E-state index contributed by atoms with van der Waals surface area (Å²) in [6.45, 7) is 0.369. The van der Waals surface area contributed by atoms with Crippen LogP contribution in [-0.4, -0.2) is 34.4 Å². The van der Waals surface area contributed by atoms with Gasteiger partial charge < -0.3 is 14.7 Å². The van der Waals surface area contributed by atoms with Crippen LogP contribution in [0.5, 0.6) is 0 Å². The number of para-hydroxylation sites is 1. The molecule has 0 aliphatic rings. The number of rotatable bonds is 5. The highest BCUT2D eigenvalue weighted by molar-refractivity contribution is 6.42. The highest BCUT2D eigenvalue weighted by Gasteiger charge is 2.15. The van der Waals surface area contributed by atoms with E-state index in [0.717, 1.165) is 5.39 Å². The standard InChI is InChI=1S/C20H16Cl2N4O3/c1-26(10-17(27)23-11-6-7-13(21)14(22)8-11)9-16-24-18-12-4-2-3-5-15(12)29-19(18)20(28)25-16/h2-8H,9-10H2,1H3,(H,23,27)(H,24,25,28). The summed E-state index contributed by atoms with van der Waals surface area (Å²) in [6.07, 6.45) is 0. The van der Waals surface area contributed by atoms with Crippen molar-refractivity contribution in [3.8, 4) is 0 Å². The number of aromatic amines is 1. The molecule has 4 aromatic rings. The Labute approximate surface area is 175 Å². The van der Waals surface area contributed by atoms with E-state index in [0.29, 0.717) is 32.7 Å². The summed E-state index contributed by atoms with van der Waals surface area (Å²) in [5.41, 5.74) is 1.50. The number of hydrogen-bond acceptors (Lipinski definition) is 5. The van der Waals surface area contributed by atoms with Crippen LogP contribution in [-0.2, 0) is 11.3 Å². The predicted octanol–water partition coefficient (Wildman–Crippen LogP) is 4.05. The predicted molar refractivity (Wildman–Crippen MR) is 114 cm³/mol. The van der Waals surface area contributed by atoms with Crippen molar-refractivity contribution in [1.29, 1.82) is 0 Å². The third kappa shape index (κ3) is 4.12. The smallest absolute Gasteiger partial charge is 0.294 e. The first-order valence-corrected chi connectivity index (χ1v) is 9.50. The van der Waals surface area contributed by atoms with Crippen LogP contribution in [0.25, 0.3) is 22.1 Å². The quantitative estimate of drug-likeness (QED) is 0.498. The Bertz CT molecular complexity index is 1280. The molecule has 0 saturated heterocycles. The molecule has 4 rings (SSSR count). The SMILES string of the molecule is CN(CC(=O)Nc1ccc(Cl)c(Cl)c1)Cc1nc2c(oc3ccccc32)c(=O)[nH]1. The van der Waals surface area contributed by atoms with Crippen LogP contribution in [0.1, 0.15) is 5.82 Å². The second-order valence-electron chi connectivity index (χ2n) is 6.64. The minimum absolute atomic E-state index is 0.0914. The number of hydrogen-bond donors (Lipinski definition) is 2. The number of aromatic nitrogens is 2. The molecule has 2 N–H and O–H groups in total. The van der Waals surface area contributed by atoms with Gasteiger partial charge in [-0.05, 0) is 37.4 Å². The zero-order chi connectivity index (χ0) is 20.5. The van der Waals surface area contributed by atoms with Gasteiger partial charge in [-0.15, -0.1) is 0 Å². The lowest BCUT2D eigenvalue weighted by molar-refractivity contribution is -0.117. The molecule has 2 heterocycles. The van der Waals surface area contributed by atoms with Gasteiger partial charge in [-0.25, -0.2) is 4.98 Å². The molecule has 2 aromatic carbocycles. The van der Waals surface area contributed by atoms with E-state index in [-0.39, 0.29) is 30.1 Å². The molecule has 9 heteroatoms. The third-order valence-electron chi connectivity index (χ3n) is 4.32. The van der Waals surface area contributed by atoms with Gasteiger partial charge >= 0.3 is 0 Å².